The van der Waals surface area contributed by atoms with Crippen molar-refractivity contribution in [1.29, 1.82) is 0 Å². The Morgan fingerprint density at radius 1 is 0.807 bits per heavy atom. The number of carboxylic acids is 3. The number of benzene rings is 4. The fourth-order valence-corrected chi connectivity index (χ4v) is 5.67. The van der Waals surface area contributed by atoms with E-state index in [1.165, 1.54) is 44.5 Å². The van der Waals surface area contributed by atoms with Crippen molar-refractivity contribution in [3.63, 3.8) is 0 Å². The van der Waals surface area contributed by atoms with E-state index < -0.39 is 41.2 Å². The van der Waals surface area contributed by atoms with Crippen LogP contribution in [0.4, 0.5) is 19.3 Å². The summed E-state index contributed by atoms with van der Waals surface area (Å²) in [6.07, 6.45) is 1.60. The first-order chi connectivity index (χ1) is 27.2. The van der Waals surface area contributed by atoms with Crippen molar-refractivity contribution in [3.05, 3.63) is 159 Å². The minimum absolute atomic E-state index is 0.0395. The number of anilines is 1. The summed E-state index contributed by atoms with van der Waals surface area (Å²) >= 11 is 11.4. The molecule has 0 bridgehead atoms. The highest BCUT2D eigenvalue weighted by Gasteiger charge is 2.44. The van der Waals surface area contributed by atoms with Crippen LogP contribution in [0.2, 0.25) is 10.0 Å². The summed E-state index contributed by atoms with van der Waals surface area (Å²) in [6, 6.07) is 26.5. The zero-order valence-electron chi connectivity index (χ0n) is 29.7. The van der Waals surface area contributed by atoms with Gasteiger partial charge >= 0.3 is 23.9 Å². The number of ether oxygens (including phenoxy) is 1. The van der Waals surface area contributed by atoms with Gasteiger partial charge in [-0.15, -0.1) is 0 Å². The third kappa shape index (κ3) is 11.1. The highest BCUT2D eigenvalue weighted by Crippen LogP contribution is 2.41. The summed E-state index contributed by atoms with van der Waals surface area (Å²) < 4.78 is 30.9. The molecule has 5 aromatic rings. The van der Waals surface area contributed by atoms with Crippen LogP contribution in [-0.2, 0) is 15.2 Å². The second kappa shape index (κ2) is 19.6. The van der Waals surface area contributed by atoms with Crippen molar-refractivity contribution >= 4 is 64.3 Å². The number of rotatable bonds is 9. The van der Waals surface area contributed by atoms with Gasteiger partial charge in [0.2, 0.25) is 0 Å². The quantitative estimate of drug-likeness (QED) is 0.0713. The van der Waals surface area contributed by atoms with E-state index in [2.05, 4.69) is 26.0 Å². The smallest absolute Gasteiger partial charge is 0.353 e. The van der Waals surface area contributed by atoms with Gasteiger partial charge in [0.25, 0.3) is 0 Å². The third-order valence-electron chi connectivity index (χ3n) is 7.76. The lowest BCUT2D eigenvalue weighted by Gasteiger charge is -2.27. The number of aromatic carboxylic acids is 2. The number of carbonyl (C=O) groups is 4. The lowest BCUT2D eigenvalue weighted by Crippen LogP contribution is -2.29. The maximum Gasteiger partial charge on any atom is 0.353 e. The normalized spacial score (nSPS) is 12.6. The van der Waals surface area contributed by atoms with Crippen LogP contribution in [0.1, 0.15) is 50.9 Å². The molecule has 0 unspecified atom stereocenters. The van der Waals surface area contributed by atoms with E-state index in [0.717, 1.165) is 23.3 Å². The molecule has 2 amide bonds. The lowest BCUT2D eigenvalue weighted by atomic mass is 9.82. The van der Waals surface area contributed by atoms with Crippen molar-refractivity contribution < 1.29 is 52.9 Å². The predicted octanol–water partition coefficient (Wildman–Crippen LogP) is 8.10. The Morgan fingerprint density at radius 3 is 1.88 bits per heavy atom. The Bertz CT molecular complexity index is 2270. The van der Waals surface area contributed by atoms with Crippen LogP contribution in [0.3, 0.4) is 0 Å². The van der Waals surface area contributed by atoms with Crippen LogP contribution in [0.25, 0.3) is 0 Å². The molecule has 2 heterocycles. The maximum absolute atomic E-state index is 13.0. The number of aromatic nitrogens is 1. The molecule has 1 aliphatic rings. The Morgan fingerprint density at radius 2 is 1.39 bits per heavy atom. The van der Waals surface area contributed by atoms with Crippen molar-refractivity contribution in [2.45, 2.75) is 18.9 Å². The Labute approximate surface area is 333 Å². The molecule has 0 saturated carbocycles. The molecule has 0 atom stereocenters. The van der Waals surface area contributed by atoms with Gasteiger partial charge in [-0.1, -0.05) is 89.0 Å². The average Bonchev–Trinajstić information content (AvgIpc) is 3.66. The molecule has 1 aromatic heterocycles. The molecule has 4 aromatic carbocycles. The number of urea groups is 1. The number of methoxy groups -OCH3 is 1. The summed E-state index contributed by atoms with van der Waals surface area (Å²) in [5.41, 5.74) is 3.02. The largest absolute Gasteiger partial charge is 0.494 e. The van der Waals surface area contributed by atoms with Gasteiger partial charge in [-0.25, -0.2) is 33.4 Å². The number of oxime groups is 1. The van der Waals surface area contributed by atoms with Gasteiger partial charge in [-0.2, -0.15) is 5.10 Å². The molecule has 1 aliphatic heterocycles. The van der Waals surface area contributed by atoms with Crippen molar-refractivity contribution in [2.24, 2.45) is 10.3 Å². The van der Waals surface area contributed by atoms with Crippen molar-refractivity contribution in [2.75, 3.05) is 12.4 Å². The van der Waals surface area contributed by atoms with Gasteiger partial charge < -0.3 is 30.2 Å². The first-order valence-corrected chi connectivity index (χ1v) is 17.0. The number of nitrogens with zero attached hydrogens (tertiary/aromatic N) is 3. The summed E-state index contributed by atoms with van der Waals surface area (Å²) in [6.45, 7) is 1.46. The molecule has 294 valence electrons. The van der Waals surface area contributed by atoms with E-state index in [4.69, 9.17) is 48.1 Å². The molecule has 0 spiro atoms. The zero-order valence-corrected chi connectivity index (χ0v) is 31.3. The maximum atomic E-state index is 13.0. The number of hydrogen-bond acceptors (Lipinski definition) is 9. The molecular weight excluding hydrogens is 791 g/mol. The molecule has 0 fully saturated rings. The number of pyridine rings is 1. The van der Waals surface area contributed by atoms with Crippen LogP contribution in [0, 0.1) is 11.6 Å². The second-order valence-corrected chi connectivity index (χ2v) is 12.4. The molecule has 0 saturated heterocycles. The number of halogens is 4. The lowest BCUT2D eigenvalue weighted by molar-refractivity contribution is -0.129. The predicted molar refractivity (Wildman–Crippen MR) is 206 cm³/mol. The second-order valence-electron chi connectivity index (χ2n) is 11.5. The Hall–Kier alpha value is -6.91. The summed E-state index contributed by atoms with van der Waals surface area (Å²) in [4.78, 5) is 54.2. The monoisotopic (exact) mass is 821 g/mol. The highest BCUT2D eigenvalue weighted by molar-refractivity contribution is 6.37. The number of aliphatic carboxylic acids is 1. The number of carbonyl (C=O) groups excluding carboxylic acids is 1. The van der Waals surface area contributed by atoms with Crippen molar-refractivity contribution in [3.8, 4) is 5.75 Å². The minimum Gasteiger partial charge on any atom is -0.494 e. The standard InChI is InChI=1S/C16H13NO3.C15H12F2N4O3.C8H6Cl2O3/c18-15(19)14-11-16(20-17-14,12-7-3-1-4-8-12)13-9-5-2-6-10-13;1-8(13-12(14(22)23)3-2-4-18-13)20-21-15(24)19-11-6-9(16)5-10(17)7-11;1-13-7-5(10)3-2-4(9)6(7)8(11)12/h1-10H,11H2,(H,18,19);2-7H,1H3,(H,22,23)(H2,19,21,24);2-3H,1H3,(H,11,12)/b;20-8+;. The van der Waals surface area contributed by atoms with Crippen LogP contribution in [0.15, 0.2) is 120 Å². The Balaban J connectivity index is 0.000000198. The molecule has 5 N–H and O–H groups in total. The van der Waals surface area contributed by atoms with E-state index >= 15 is 0 Å². The van der Waals surface area contributed by atoms with E-state index in [1.807, 2.05) is 60.7 Å². The minimum atomic E-state index is -1.19. The van der Waals surface area contributed by atoms with Crippen LogP contribution in [-0.4, -0.2) is 62.8 Å². The first-order valence-electron chi connectivity index (χ1n) is 16.3. The van der Waals surface area contributed by atoms with Crippen molar-refractivity contribution in [1.82, 2.24) is 10.4 Å². The molecule has 18 heteroatoms. The van der Waals surface area contributed by atoms with E-state index in [9.17, 15) is 28.0 Å². The Kier molecular flexibility index (Phi) is 14.7. The molecular formula is C39H31Cl2F2N5O9. The van der Waals surface area contributed by atoms with Gasteiger partial charge in [-0.05, 0) is 43.3 Å². The molecule has 14 nitrogen and oxygen atoms in total. The number of hydrogen-bond donors (Lipinski definition) is 5. The summed E-state index contributed by atoms with van der Waals surface area (Å²) in [7, 11) is 1.34. The average molecular weight is 823 g/mol. The molecule has 6 rings (SSSR count). The molecule has 0 radical (unpaired) electrons. The van der Waals surface area contributed by atoms with E-state index in [1.54, 1.807) is 0 Å². The molecule has 0 aliphatic carbocycles. The highest BCUT2D eigenvalue weighted by atomic mass is 35.5. The van der Waals surface area contributed by atoms with Gasteiger partial charge in [-0.3, -0.25) is 4.98 Å². The summed E-state index contributed by atoms with van der Waals surface area (Å²) in [5.74, 6) is -4.99. The summed E-state index contributed by atoms with van der Waals surface area (Å²) in [5, 5.41) is 37.0. The van der Waals surface area contributed by atoms with Crippen LogP contribution < -0.4 is 15.5 Å². The molecule has 57 heavy (non-hydrogen) atoms. The fourth-order valence-electron chi connectivity index (χ4n) is 5.21. The first kappa shape index (κ1) is 42.8. The van der Waals surface area contributed by atoms with Crippen LogP contribution >= 0.6 is 23.2 Å². The number of amides is 2. The number of hydrazone groups is 1. The van der Waals surface area contributed by atoms with Gasteiger partial charge in [0.15, 0.2) is 17.1 Å². The van der Waals surface area contributed by atoms with E-state index in [-0.39, 0.29) is 56.1 Å². The number of carboxylic acid groups (broad SMARTS) is 3. The topological polar surface area (TPSA) is 209 Å². The van der Waals surface area contributed by atoms with E-state index in [0.29, 0.717) is 6.07 Å². The fraction of sp³-hybridized carbons (Fsp3) is 0.103. The SMILES string of the molecule is C/C(=N\NC(=O)Nc1cc(F)cc(F)c1)c1ncccc1C(=O)O.COc1c(Cl)ccc(Cl)c1C(=O)O.O=C(O)C1=NOC(c2ccccc2)(c2ccccc2)C1. The third-order valence-corrected chi connectivity index (χ3v) is 8.37. The van der Waals surface area contributed by atoms with Gasteiger partial charge in [0.05, 0.1) is 34.9 Å². The zero-order chi connectivity index (χ0) is 41.7. The van der Waals surface area contributed by atoms with Gasteiger partial charge in [0, 0.05) is 29.1 Å². The van der Waals surface area contributed by atoms with Crippen LogP contribution in [0.5, 0.6) is 5.75 Å². The van der Waals surface area contributed by atoms with Gasteiger partial charge in [0.1, 0.15) is 22.9 Å². The number of nitrogens with one attached hydrogen (secondary N) is 2.